The van der Waals surface area contributed by atoms with Crippen LogP contribution in [0.15, 0.2) is 24.3 Å². The average molecular weight is 252 g/mol. The van der Waals surface area contributed by atoms with Crippen LogP contribution >= 0.6 is 0 Å². The van der Waals surface area contributed by atoms with Crippen LogP contribution in [-0.2, 0) is 4.79 Å². The zero-order valence-electron chi connectivity index (χ0n) is 10.3. The van der Waals surface area contributed by atoms with Crippen LogP contribution in [-0.4, -0.2) is 36.2 Å². The van der Waals surface area contributed by atoms with E-state index in [1.165, 1.54) is 12.1 Å². The minimum Gasteiger partial charge on any atom is -0.396 e. The van der Waals surface area contributed by atoms with Crippen molar-refractivity contribution in [2.75, 3.05) is 18.1 Å². The number of hydrogen-bond donors (Lipinski definition) is 2. The third-order valence-electron chi connectivity index (χ3n) is 3.08. The van der Waals surface area contributed by atoms with Gasteiger partial charge in [0, 0.05) is 24.9 Å². The van der Waals surface area contributed by atoms with Crippen molar-refractivity contribution in [1.29, 1.82) is 0 Å². The van der Waals surface area contributed by atoms with Gasteiger partial charge >= 0.3 is 0 Å². The van der Waals surface area contributed by atoms with Gasteiger partial charge in [0.2, 0.25) is 5.91 Å². The fourth-order valence-corrected chi connectivity index (χ4v) is 2.30. The number of rotatable bonds is 3. The first-order valence-electron chi connectivity index (χ1n) is 6.05. The molecule has 0 radical (unpaired) electrons. The molecule has 1 aliphatic rings. The monoisotopic (exact) mass is 252 g/mol. The van der Waals surface area contributed by atoms with Gasteiger partial charge in [0.05, 0.1) is 0 Å². The molecule has 98 valence electrons. The number of benzene rings is 1. The third-order valence-corrected chi connectivity index (χ3v) is 3.08. The molecule has 1 aromatic carbocycles. The number of amides is 1. The summed E-state index contributed by atoms with van der Waals surface area (Å²) in [5, 5.41) is 11.9. The number of nitrogens with zero attached hydrogens (tertiary/aromatic N) is 1. The number of anilines is 1. The minimum atomic E-state index is -0.437. The van der Waals surface area contributed by atoms with E-state index in [9.17, 15) is 9.18 Å². The Balaban J connectivity index is 2.28. The summed E-state index contributed by atoms with van der Waals surface area (Å²) in [5.41, 5.74) is 0.676. The lowest BCUT2D eigenvalue weighted by atomic mass is 10.0. The van der Waals surface area contributed by atoms with Crippen LogP contribution in [0.4, 0.5) is 10.1 Å². The van der Waals surface area contributed by atoms with Crippen molar-refractivity contribution in [2.24, 2.45) is 0 Å². The standard InChI is InChI=1S/C13H17FN2O2/c1-9-8-16(11-4-2-3-10(14)7-11)12(5-6-17)13(18)15-9/h2-4,7,9,12,17H,5-6,8H2,1H3,(H,15,18). The molecular formula is C13H17FN2O2. The Labute approximate surface area is 105 Å². The average Bonchev–Trinajstić information content (AvgIpc) is 2.32. The van der Waals surface area contributed by atoms with Crippen LogP contribution in [0.2, 0.25) is 0 Å². The van der Waals surface area contributed by atoms with Crippen molar-refractivity contribution < 1.29 is 14.3 Å². The highest BCUT2D eigenvalue weighted by molar-refractivity contribution is 5.86. The largest absolute Gasteiger partial charge is 0.396 e. The van der Waals surface area contributed by atoms with Crippen molar-refractivity contribution in [3.05, 3.63) is 30.1 Å². The van der Waals surface area contributed by atoms with E-state index in [0.717, 1.165) is 0 Å². The summed E-state index contributed by atoms with van der Waals surface area (Å²) in [6, 6.07) is 5.76. The van der Waals surface area contributed by atoms with Crippen molar-refractivity contribution in [3.8, 4) is 0 Å². The molecule has 1 amide bonds. The number of nitrogens with one attached hydrogen (secondary N) is 1. The van der Waals surface area contributed by atoms with Gasteiger partial charge in [0.25, 0.3) is 0 Å². The van der Waals surface area contributed by atoms with Gasteiger partial charge in [0.15, 0.2) is 0 Å². The summed E-state index contributed by atoms with van der Waals surface area (Å²) in [7, 11) is 0. The Bertz CT molecular complexity index is 439. The molecule has 2 N–H and O–H groups in total. The van der Waals surface area contributed by atoms with Gasteiger partial charge < -0.3 is 15.3 Å². The van der Waals surface area contributed by atoms with E-state index in [1.807, 2.05) is 11.8 Å². The van der Waals surface area contributed by atoms with E-state index in [1.54, 1.807) is 12.1 Å². The SMILES string of the molecule is CC1CN(c2cccc(F)c2)C(CCO)C(=O)N1. The predicted octanol–water partition coefficient (Wildman–Crippen LogP) is 0.901. The molecule has 0 aliphatic carbocycles. The quantitative estimate of drug-likeness (QED) is 0.840. The second-order valence-corrected chi connectivity index (χ2v) is 4.57. The zero-order chi connectivity index (χ0) is 13.1. The second kappa shape index (κ2) is 5.35. The van der Waals surface area contributed by atoms with Crippen LogP contribution in [0.25, 0.3) is 0 Å². The van der Waals surface area contributed by atoms with Gasteiger partial charge in [-0.25, -0.2) is 4.39 Å². The lowest BCUT2D eigenvalue weighted by Gasteiger charge is -2.39. The molecule has 0 bridgehead atoms. The Hall–Kier alpha value is -1.62. The maximum absolute atomic E-state index is 13.3. The molecule has 1 fully saturated rings. The minimum absolute atomic E-state index is 0.00992. The van der Waals surface area contributed by atoms with Gasteiger partial charge in [0.1, 0.15) is 11.9 Å². The fraction of sp³-hybridized carbons (Fsp3) is 0.462. The van der Waals surface area contributed by atoms with Gasteiger partial charge in [-0.3, -0.25) is 4.79 Å². The lowest BCUT2D eigenvalue weighted by molar-refractivity contribution is -0.124. The molecule has 2 atom stereocenters. The molecule has 2 unspecified atom stereocenters. The summed E-state index contributed by atoms with van der Waals surface area (Å²) < 4.78 is 13.3. The molecule has 2 rings (SSSR count). The van der Waals surface area contributed by atoms with Crippen molar-refractivity contribution in [1.82, 2.24) is 5.32 Å². The Morgan fingerprint density at radius 2 is 2.33 bits per heavy atom. The van der Waals surface area contributed by atoms with Crippen molar-refractivity contribution in [2.45, 2.75) is 25.4 Å². The Morgan fingerprint density at radius 1 is 1.56 bits per heavy atom. The molecule has 1 heterocycles. The van der Waals surface area contributed by atoms with E-state index < -0.39 is 6.04 Å². The summed E-state index contributed by atoms with van der Waals surface area (Å²) in [6.45, 7) is 2.44. The molecule has 1 aromatic rings. The highest BCUT2D eigenvalue weighted by atomic mass is 19.1. The van der Waals surface area contributed by atoms with E-state index in [4.69, 9.17) is 5.11 Å². The summed E-state index contributed by atoms with van der Waals surface area (Å²) >= 11 is 0. The van der Waals surface area contributed by atoms with Crippen molar-refractivity contribution in [3.63, 3.8) is 0 Å². The Kier molecular flexibility index (Phi) is 3.81. The molecule has 1 saturated heterocycles. The van der Waals surface area contributed by atoms with Gasteiger partial charge in [-0.2, -0.15) is 0 Å². The third kappa shape index (κ3) is 2.61. The topological polar surface area (TPSA) is 52.6 Å². The van der Waals surface area contributed by atoms with Crippen LogP contribution in [0, 0.1) is 5.82 Å². The fourth-order valence-electron chi connectivity index (χ4n) is 2.30. The molecule has 4 nitrogen and oxygen atoms in total. The normalized spacial score (nSPS) is 23.9. The summed E-state index contributed by atoms with van der Waals surface area (Å²) in [5.74, 6) is -0.444. The first-order chi connectivity index (χ1) is 8.61. The van der Waals surface area contributed by atoms with Crippen molar-refractivity contribution >= 4 is 11.6 Å². The molecule has 5 heteroatoms. The van der Waals surface area contributed by atoms with E-state index in [0.29, 0.717) is 18.7 Å². The molecule has 0 aromatic heterocycles. The molecule has 0 spiro atoms. The molecular weight excluding hydrogens is 235 g/mol. The van der Waals surface area contributed by atoms with Crippen LogP contribution < -0.4 is 10.2 Å². The number of hydrogen-bond acceptors (Lipinski definition) is 3. The number of halogens is 1. The molecule has 18 heavy (non-hydrogen) atoms. The number of aliphatic hydroxyl groups excluding tert-OH is 1. The van der Waals surface area contributed by atoms with E-state index >= 15 is 0 Å². The number of carbonyl (C=O) groups is 1. The number of aliphatic hydroxyl groups is 1. The number of carbonyl (C=O) groups excluding carboxylic acids is 1. The summed E-state index contributed by atoms with van der Waals surface area (Å²) in [4.78, 5) is 13.8. The zero-order valence-corrected chi connectivity index (χ0v) is 10.3. The maximum Gasteiger partial charge on any atom is 0.243 e. The van der Waals surface area contributed by atoms with Gasteiger partial charge in [-0.05, 0) is 31.5 Å². The summed E-state index contributed by atoms with van der Waals surface area (Å²) in [6.07, 6.45) is 0.342. The van der Waals surface area contributed by atoms with Gasteiger partial charge in [-0.1, -0.05) is 6.07 Å². The van der Waals surface area contributed by atoms with Crippen LogP contribution in [0.1, 0.15) is 13.3 Å². The van der Waals surface area contributed by atoms with Crippen LogP contribution in [0.3, 0.4) is 0 Å². The van der Waals surface area contributed by atoms with Crippen LogP contribution in [0.5, 0.6) is 0 Å². The van der Waals surface area contributed by atoms with E-state index in [-0.39, 0.29) is 24.4 Å². The smallest absolute Gasteiger partial charge is 0.243 e. The number of piperazine rings is 1. The lowest BCUT2D eigenvalue weighted by Crippen LogP contribution is -2.59. The highest BCUT2D eigenvalue weighted by Gasteiger charge is 2.32. The molecule has 0 saturated carbocycles. The first kappa shape index (κ1) is 12.8. The van der Waals surface area contributed by atoms with Gasteiger partial charge in [-0.15, -0.1) is 0 Å². The molecule has 1 aliphatic heterocycles. The Morgan fingerprint density at radius 3 is 3.00 bits per heavy atom. The second-order valence-electron chi connectivity index (χ2n) is 4.57. The first-order valence-corrected chi connectivity index (χ1v) is 6.05. The van der Waals surface area contributed by atoms with E-state index in [2.05, 4.69) is 5.32 Å². The highest BCUT2D eigenvalue weighted by Crippen LogP contribution is 2.22. The maximum atomic E-state index is 13.3. The predicted molar refractivity (Wildman–Crippen MR) is 66.8 cm³/mol.